The number of benzene rings is 2. The van der Waals surface area contributed by atoms with Crippen LogP contribution in [0, 0.1) is 0 Å². The molecule has 126 valence electrons. The normalized spacial score (nSPS) is 11.5. The molecule has 0 aromatic heterocycles. The lowest BCUT2D eigenvalue weighted by molar-refractivity contribution is -0.123. The highest BCUT2D eigenvalue weighted by atomic mass is 79.9. The van der Waals surface area contributed by atoms with Gasteiger partial charge in [-0.1, -0.05) is 67.0 Å². The Morgan fingerprint density at radius 2 is 1.92 bits per heavy atom. The second kappa shape index (κ2) is 8.11. The van der Waals surface area contributed by atoms with Crippen molar-refractivity contribution in [3.8, 4) is 5.75 Å². The zero-order chi connectivity index (χ0) is 17.6. The van der Waals surface area contributed by atoms with Crippen LogP contribution in [0.1, 0.15) is 31.9 Å². The molecular formula is C19H21BrN2O2. The van der Waals surface area contributed by atoms with Crippen LogP contribution in [0.15, 0.2) is 58.1 Å². The number of nitrogens with zero attached hydrogens (tertiary/aromatic N) is 1. The van der Waals surface area contributed by atoms with Crippen LogP contribution in [0.5, 0.6) is 5.75 Å². The van der Waals surface area contributed by atoms with Gasteiger partial charge in [0.1, 0.15) is 5.75 Å². The monoisotopic (exact) mass is 388 g/mol. The molecule has 0 unspecified atom stereocenters. The number of carbonyl (C=O) groups is 1. The molecule has 0 fully saturated rings. The number of hydrazone groups is 1. The van der Waals surface area contributed by atoms with E-state index in [4.69, 9.17) is 4.74 Å². The van der Waals surface area contributed by atoms with E-state index in [1.165, 1.54) is 5.56 Å². The van der Waals surface area contributed by atoms with Crippen molar-refractivity contribution < 1.29 is 9.53 Å². The zero-order valence-electron chi connectivity index (χ0n) is 14.0. The van der Waals surface area contributed by atoms with E-state index < -0.39 is 0 Å². The standard InChI is InChI=1S/C19H21BrN2O2/c1-19(2,3)15-9-7-14(8-10-15)12-21-22-18(23)13-24-17-6-4-5-16(20)11-17/h4-12H,13H2,1-3H3,(H,22,23)/b21-12+. The number of halogens is 1. The number of rotatable bonds is 5. The van der Waals surface area contributed by atoms with Crippen LogP contribution in [0.2, 0.25) is 0 Å². The summed E-state index contributed by atoms with van der Waals surface area (Å²) >= 11 is 3.35. The second-order valence-electron chi connectivity index (χ2n) is 6.41. The summed E-state index contributed by atoms with van der Waals surface area (Å²) < 4.78 is 6.29. The Labute approximate surface area is 151 Å². The smallest absolute Gasteiger partial charge is 0.277 e. The van der Waals surface area contributed by atoms with Crippen LogP contribution >= 0.6 is 15.9 Å². The lowest BCUT2D eigenvalue weighted by Crippen LogP contribution is -2.24. The Morgan fingerprint density at radius 3 is 2.54 bits per heavy atom. The van der Waals surface area contributed by atoms with Gasteiger partial charge in [0.25, 0.3) is 5.91 Å². The predicted molar refractivity (Wildman–Crippen MR) is 101 cm³/mol. The fourth-order valence-electron chi connectivity index (χ4n) is 1.99. The molecule has 0 heterocycles. The van der Waals surface area contributed by atoms with Crippen LogP contribution in [-0.2, 0) is 10.2 Å². The van der Waals surface area contributed by atoms with Gasteiger partial charge in [-0.2, -0.15) is 5.10 Å². The summed E-state index contributed by atoms with van der Waals surface area (Å²) in [6, 6.07) is 15.4. The van der Waals surface area contributed by atoms with Gasteiger partial charge in [0.2, 0.25) is 0 Å². The predicted octanol–water partition coefficient (Wildman–Crippen LogP) is 4.28. The maximum absolute atomic E-state index is 11.7. The molecule has 0 radical (unpaired) electrons. The van der Waals surface area contributed by atoms with Crippen LogP contribution < -0.4 is 10.2 Å². The molecule has 0 aliphatic rings. The van der Waals surface area contributed by atoms with Crippen LogP contribution in [0.4, 0.5) is 0 Å². The Morgan fingerprint density at radius 1 is 1.21 bits per heavy atom. The number of ether oxygens (including phenoxy) is 1. The van der Waals surface area contributed by atoms with Gasteiger partial charge < -0.3 is 4.74 Å². The van der Waals surface area contributed by atoms with Crippen molar-refractivity contribution in [1.29, 1.82) is 0 Å². The van der Waals surface area contributed by atoms with E-state index >= 15 is 0 Å². The first-order valence-electron chi connectivity index (χ1n) is 7.65. The molecular weight excluding hydrogens is 368 g/mol. The largest absolute Gasteiger partial charge is 0.484 e. The van der Waals surface area contributed by atoms with Gasteiger partial charge in [-0.05, 0) is 34.7 Å². The number of hydrogen-bond donors (Lipinski definition) is 1. The average Bonchev–Trinajstić information content (AvgIpc) is 2.53. The molecule has 1 N–H and O–H groups in total. The minimum Gasteiger partial charge on any atom is -0.484 e. The highest BCUT2D eigenvalue weighted by Gasteiger charge is 2.12. The van der Waals surface area contributed by atoms with Gasteiger partial charge in [0.15, 0.2) is 6.61 Å². The SMILES string of the molecule is CC(C)(C)c1ccc(/C=N/NC(=O)COc2cccc(Br)c2)cc1. The molecule has 24 heavy (non-hydrogen) atoms. The Hall–Kier alpha value is -2.14. The fraction of sp³-hybridized carbons (Fsp3) is 0.263. The lowest BCUT2D eigenvalue weighted by Gasteiger charge is -2.18. The first-order valence-corrected chi connectivity index (χ1v) is 8.45. The third kappa shape index (κ3) is 5.81. The second-order valence-corrected chi connectivity index (χ2v) is 7.33. The third-order valence-corrected chi connectivity index (χ3v) is 3.84. The Balaban J connectivity index is 1.81. The number of nitrogens with one attached hydrogen (secondary N) is 1. The summed E-state index contributed by atoms with van der Waals surface area (Å²) in [5, 5.41) is 3.95. The van der Waals surface area contributed by atoms with E-state index in [0.29, 0.717) is 5.75 Å². The van der Waals surface area contributed by atoms with Gasteiger partial charge in [-0.25, -0.2) is 5.43 Å². The first-order chi connectivity index (χ1) is 11.3. The van der Waals surface area contributed by atoms with E-state index in [-0.39, 0.29) is 17.9 Å². The molecule has 1 amide bonds. The van der Waals surface area contributed by atoms with Gasteiger partial charge in [-0.15, -0.1) is 0 Å². The molecule has 0 saturated heterocycles. The van der Waals surface area contributed by atoms with Crippen LogP contribution in [0.25, 0.3) is 0 Å². The van der Waals surface area contributed by atoms with Crippen molar-refractivity contribution in [2.45, 2.75) is 26.2 Å². The van der Waals surface area contributed by atoms with Crippen molar-refractivity contribution in [2.75, 3.05) is 6.61 Å². The Bertz CT molecular complexity index is 719. The van der Waals surface area contributed by atoms with E-state index in [0.717, 1.165) is 10.0 Å². The van der Waals surface area contributed by atoms with Crippen LogP contribution in [0.3, 0.4) is 0 Å². The quantitative estimate of drug-likeness (QED) is 0.613. The molecule has 0 saturated carbocycles. The van der Waals surface area contributed by atoms with Gasteiger partial charge in [-0.3, -0.25) is 4.79 Å². The van der Waals surface area contributed by atoms with Crippen molar-refractivity contribution in [1.82, 2.24) is 5.43 Å². The molecule has 0 aliphatic carbocycles. The van der Waals surface area contributed by atoms with E-state index in [1.807, 2.05) is 24.3 Å². The summed E-state index contributed by atoms with van der Waals surface area (Å²) in [5.41, 5.74) is 4.76. The molecule has 5 heteroatoms. The van der Waals surface area contributed by atoms with Crippen molar-refractivity contribution in [3.05, 3.63) is 64.1 Å². The summed E-state index contributed by atoms with van der Waals surface area (Å²) in [6.45, 7) is 6.42. The zero-order valence-corrected chi connectivity index (χ0v) is 15.6. The maximum Gasteiger partial charge on any atom is 0.277 e. The third-order valence-electron chi connectivity index (χ3n) is 3.35. The average molecular weight is 389 g/mol. The molecule has 0 spiro atoms. The first kappa shape index (κ1) is 18.2. The van der Waals surface area contributed by atoms with Gasteiger partial charge in [0.05, 0.1) is 6.21 Å². The van der Waals surface area contributed by atoms with E-state index in [9.17, 15) is 4.79 Å². The topological polar surface area (TPSA) is 50.7 Å². The van der Waals surface area contributed by atoms with Crippen molar-refractivity contribution in [3.63, 3.8) is 0 Å². The molecule has 4 nitrogen and oxygen atoms in total. The fourth-order valence-corrected chi connectivity index (χ4v) is 2.36. The molecule has 2 rings (SSSR count). The van der Waals surface area contributed by atoms with Gasteiger partial charge in [0, 0.05) is 4.47 Å². The Kier molecular flexibility index (Phi) is 6.15. The number of amides is 1. The minimum atomic E-state index is -0.308. The summed E-state index contributed by atoms with van der Waals surface area (Å²) in [5.74, 6) is 0.318. The molecule has 2 aromatic carbocycles. The molecule has 0 atom stereocenters. The minimum absolute atomic E-state index is 0.0866. The summed E-state index contributed by atoms with van der Waals surface area (Å²) in [7, 11) is 0. The number of carbonyl (C=O) groups excluding carboxylic acids is 1. The van der Waals surface area contributed by atoms with Gasteiger partial charge >= 0.3 is 0 Å². The van der Waals surface area contributed by atoms with E-state index in [1.54, 1.807) is 18.3 Å². The summed E-state index contributed by atoms with van der Waals surface area (Å²) in [4.78, 5) is 11.7. The van der Waals surface area contributed by atoms with Crippen LogP contribution in [-0.4, -0.2) is 18.7 Å². The maximum atomic E-state index is 11.7. The highest BCUT2D eigenvalue weighted by molar-refractivity contribution is 9.10. The van der Waals surface area contributed by atoms with E-state index in [2.05, 4.69) is 59.4 Å². The molecule has 0 aliphatic heterocycles. The lowest BCUT2D eigenvalue weighted by atomic mass is 9.87. The number of hydrogen-bond acceptors (Lipinski definition) is 3. The van der Waals surface area contributed by atoms with Crippen molar-refractivity contribution >= 4 is 28.1 Å². The van der Waals surface area contributed by atoms with Crippen molar-refractivity contribution in [2.24, 2.45) is 5.10 Å². The molecule has 2 aromatic rings. The summed E-state index contributed by atoms with van der Waals surface area (Å²) in [6.07, 6.45) is 1.61. The highest BCUT2D eigenvalue weighted by Crippen LogP contribution is 2.21. The molecule has 0 bridgehead atoms.